The molecule has 2 aliphatic heterocycles. The summed E-state index contributed by atoms with van der Waals surface area (Å²) in [4.78, 5) is 8.63. The van der Waals surface area contributed by atoms with Gasteiger partial charge in [0.2, 0.25) is 0 Å². The van der Waals surface area contributed by atoms with E-state index < -0.39 is 18.3 Å². The van der Waals surface area contributed by atoms with Crippen LogP contribution >= 0.6 is 0 Å². The fourth-order valence-corrected chi connectivity index (χ4v) is 3.58. The van der Waals surface area contributed by atoms with E-state index in [9.17, 15) is 15.3 Å². The lowest BCUT2D eigenvalue weighted by Crippen LogP contribution is -2.56. The minimum Gasteiger partial charge on any atom is -0.389 e. The largest absolute Gasteiger partial charge is 0.389 e. The summed E-state index contributed by atoms with van der Waals surface area (Å²) in [5.74, 6) is 0.509. The smallest absolute Gasteiger partial charge is 0.108 e. The number of β-amino-alcohol motifs (C(OH)–C–C–N with tert-alkyl or cyclic N) is 2. The molecule has 4 atom stereocenters. The third kappa shape index (κ3) is 3.25. The van der Waals surface area contributed by atoms with Crippen molar-refractivity contribution in [1.82, 2.24) is 9.88 Å². The maximum absolute atomic E-state index is 9.79. The van der Waals surface area contributed by atoms with Gasteiger partial charge in [-0.15, -0.1) is 0 Å². The van der Waals surface area contributed by atoms with Crippen molar-refractivity contribution < 1.29 is 15.3 Å². The molecule has 122 valence electrons. The molecule has 1 unspecified atom stereocenters. The first-order chi connectivity index (χ1) is 10.5. The molecule has 1 aromatic heterocycles. The van der Waals surface area contributed by atoms with Gasteiger partial charge in [0.1, 0.15) is 6.10 Å². The summed E-state index contributed by atoms with van der Waals surface area (Å²) in [5, 5.41) is 29.2. The molecule has 0 aliphatic carbocycles. The molecular weight excluding hydrogens is 282 g/mol. The molecule has 1 aromatic rings. The van der Waals surface area contributed by atoms with Gasteiger partial charge in [0.15, 0.2) is 0 Å². The third-order valence-corrected chi connectivity index (χ3v) is 4.83. The summed E-state index contributed by atoms with van der Waals surface area (Å²) in [5.41, 5.74) is 2.43. The van der Waals surface area contributed by atoms with E-state index in [2.05, 4.69) is 21.7 Å². The summed E-state index contributed by atoms with van der Waals surface area (Å²) in [6.45, 7) is 5.79. The minimum absolute atomic E-state index is 0.431. The van der Waals surface area contributed by atoms with Gasteiger partial charge >= 0.3 is 0 Å². The second-order valence-electron chi connectivity index (χ2n) is 6.61. The third-order valence-electron chi connectivity index (χ3n) is 4.83. The molecular formula is C16H25N3O3. The molecule has 6 nitrogen and oxygen atoms in total. The van der Waals surface area contributed by atoms with E-state index in [4.69, 9.17) is 0 Å². The van der Waals surface area contributed by atoms with Crippen LogP contribution in [0.3, 0.4) is 0 Å². The Bertz CT molecular complexity index is 501. The topological polar surface area (TPSA) is 80.1 Å². The molecule has 0 spiro atoms. The number of pyridine rings is 1. The Morgan fingerprint density at radius 2 is 1.91 bits per heavy atom. The number of aryl methyl sites for hydroxylation is 1. The highest BCUT2D eigenvalue weighted by molar-refractivity contribution is 5.51. The van der Waals surface area contributed by atoms with Crippen LogP contribution in [0.1, 0.15) is 12.0 Å². The van der Waals surface area contributed by atoms with Crippen molar-refractivity contribution in [2.45, 2.75) is 31.7 Å². The Kier molecular flexibility index (Phi) is 4.63. The van der Waals surface area contributed by atoms with Crippen molar-refractivity contribution in [1.29, 1.82) is 0 Å². The van der Waals surface area contributed by atoms with Crippen LogP contribution in [-0.4, -0.2) is 76.2 Å². The lowest BCUT2D eigenvalue weighted by atomic mass is 10.00. The van der Waals surface area contributed by atoms with Crippen LogP contribution in [0.15, 0.2) is 18.5 Å². The summed E-state index contributed by atoms with van der Waals surface area (Å²) < 4.78 is 0. The highest BCUT2D eigenvalue weighted by atomic mass is 16.4. The fourth-order valence-electron chi connectivity index (χ4n) is 3.58. The molecule has 3 N–H and O–H groups in total. The molecule has 0 amide bonds. The van der Waals surface area contributed by atoms with E-state index in [0.29, 0.717) is 19.0 Å². The number of hydrogen-bond acceptors (Lipinski definition) is 6. The van der Waals surface area contributed by atoms with Crippen LogP contribution in [-0.2, 0) is 0 Å². The first-order valence-corrected chi connectivity index (χ1v) is 7.96. The number of aliphatic hydroxyl groups is 3. The standard InChI is InChI=1S/C16H25N3O3/c1-11-2-4-17-6-13(11)19-5-3-12(8-19)7-18-9-14(20)16(22)15(21)10-18/h2,4,6,12,14-16,20-22H,3,5,7-10H2,1H3/t12-,14-,15+,16?/m0/s1. The highest BCUT2D eigenvalue weighted by Gasteiger charge is 2.35. The monoisotopic (exact) mass is 307 g/mol. The van der Waals surface area contributed by atoms with Gasteiger partial charge in [0.25, 0.3) is 0 Å². The van der Waals surface area contributed by atoms with Crippen molar-refractivity contribution >= 4 is 5.69 Å². The van der Waals surface area contributed by atoms with E-state index in [1.54, 1.807) is 0 Å². The highest BCUT2D eigenvalue weighted by Crippen LogP contribution is 2.27. The summed E-state index contributed by atoms with van der Waals surface area (Å²) in [6.07, 6.45) is 2.09. The van der Waals surface area contributed by atoms with Crippen molar-refractivity contribution in [3.05, 3.63) is 24.0 Å². The zero-order chi connectivity index (χ0) is 15.7. The van der Waals surface area contributed by atoms with Gasteiger partial charge in [-0.3, -0.25) is 9.88 Å². The van der Waals surface area contributed by atoms with Crippen LogP contribution in [0.2, 0.25) is 0 Å². The Balaban J connectivity index is 1.56. The van der Waals surface area contributed by atoms with Crippen LogP contribution < -0.4 is 4.90 Å². The SMILES string of the molecule is Cc1ccncc1N1CC[C@@H](CN2C[C@@H](O)C(O)[C@@H](O)C2)C1. The number of aliphatic hydroxyl groups excluding tert-OH is 3. The predicted octanol–water partition coefficient (Wildman–Crippen LogP) is -0.385. The molecule has 3 rings (SSSR count). The molecule has 22 heavy (non-hydrogen) atoms. The molecule has 0 saturated carbocycles. The summed E-state index contributed by atoms with van der Waals surface area (Å²) >= 11 is 0. The first kappa shape index (κ1) is 15.7. The van der Waals surface area contributed by atoms with Gasteiger partial charge < -0.3 is 20.2 Å². The zero-order valence-electron chi connectivity index (χ0n) is 13.0. The molecule has 0 radical (unpaired) electrons. The Labute approximate surface area is 131 Å². The summed E-state index contributed by atoms with van der Waals surface area (Å²) in [7, 11) is 0. The second kappa shape index (κ2) is 6.50. The number of aromatic nitrogens is 1. The molecule has 6 heteroatoms. The number of likely N-dealkylation sites (tertiary alicyclic amines) is 1. The first-order valence-electron chi connectivity index (χ1n) is 7.96. The van der Waals surface area contributed by atoms with E-state index in [0.717, 1.165) is 26.1 Å². The fraction of sp³-hybridized carbons (Fsp3) is 0.688. The van der Waals surface area contributed by atoms with Crippen LogP contribution in [0.25, 0.3) is 0 Å². The van der Waals surface area contributed by atoms with Crippen LogP contribution in [0, 0.1) is 12.8 Å². The number of hydrogen-bond donors (Lipinski definition) is 3. The molecule has 2 aliphatic rings. The average Bonchev–Trinajstić information content (AvgIpc) is 2.93. The number of rotatable bonds is 3. The van der Waals surface area contributed by atoms with E-state index in [1.807, 2.05) is 18.5 Å². The number of anilines is 1. The quantitative estimate of drug-likeness (QED) is 0.706. The maximum atomic E-state index is 9.79. The Morgan fingerprint density at radius 3 is 2.59 bits per heavy atom. The van der Waals surface area contributed by atoms with Gasteiger partial charge in [0.05, 0.1) is 24.1 Å². The number of piperidine rings is 1. The molecule has 0 aromatic carbocycles. The Morgan fingerprint density at radius 1 is 1.18 bits per heavy atom. The maximum Gasteiger partial charge on any atom is 0.108 e. The molecule has 3 heterocycles. The van der Waals surface area contributed by atoms with Crippen LogP contribution in [0.5, 0.6) is 0 Å². The van der Waals surface area contributed by atoms with Crippen LogP contribution in [0.4, 0.5) is 5.69 Å². The minimum atomic E-state index is -1.02. The summed E-state index contributed by atoms with van der Waals surface area (Å²) in [6, 6.07) is 2.03. The molecule has 2 fully saturated rings. The van der Waals surface area contributed by atoms with E-state index >= 15 is 0 Å². The normalized spacial score (nSPS) is 33.4. The lowest BCUT2D eigenvalue weighted by Gasteiger charge is -2.38. The van der Waals surface area contributed by atoms with Gasteiger partial charge in [-0.2, -0.15) is 0 Å². The van der Waals surface area contributed by atoms with Crippen molar-refractivity contribution in [2.75, 3.05) is 37.6 Å². The molecule has 2 saturated heterocycles. The van der Waals surface area contributed by atoms with Crippen molar-refractivity contribution in [3.63, 3.8) is 0 Å². The van der Waals surface area contributed by atoms with Crippen molar-refractivity contribution in [2.24, 2.45) is 5.92 Å². The van der Waals surface area contributed by atoms with Gasteiger partial charge in [-0.25, -0.2) is 0 Å². The molecule has 0 bridgehead atoms. The number of nitrogens with zero attached hydrogens (tertiary/aromatic N) is 3. The second-order valence-corrected chi connectivity index (χ2v) is 6.61. The van der Waals surface area contributed by atoms with E-state index in [-0.39, 0.29) is 0 Å². The predicted molar refractivity (Wildman–Crippen MR) is 83.8 cm³/mol. The van der Waals surface area contributed by atoms with Crippen molar-refractivity contribution in [3.8, 4) is 0 Å². The van der Waals surface area contributed by atoms with Gasteiger partial charge in [-0.1, -0.05) is 0 Å². The van der Waals surface area contributed by atoms with Gasteiger partial charge in [0, 0.05) is 38.9 Å². The average molecular weight is 307 g/mol. The Hall–Kier alpha value is -1.21. The van der Waals surface area contributed by atoms with Gasteiger partial charge in [-0.05, 0) is 30.9 Å². The lowest BCUT2D eigenvalue weighted by molar-refractivity contribution is -0.111. The van der Waals surface area contributed by atoms with E-state index in [1.165, 1.54) is 11.3 Å². The zero-order valence-corrected chi connectivity index (χ0v) is 13.0.